The van der Waals surface area contributed by atoms with Crippen molar-refractivity contribution in [3.63, 3.8) is 0 Å². The first-order valence-electron chi connectivity index (χ1n) is 7.84. The molecule has 0 saturated carbocycles. The van der Waals surface area contributed by atoms with E-state index in [0.717, 1.165) is 5.56 Å². The number of amides is 2. The van der Waals surface area contributed by atoms with Gasteiger partial charge in [-0.1, -0.05) is 18.2 Å². The van der Waals surface area contributed by atoms with Gasteiger partial charge < -0.3 is 10.2 Å². The molecule has 0 aliphatic heterocycles. The smallest absolute Gasteiger partial charge is 0.254 e. The highest BCUT2D eigenvalue weighted by Crippen LogP contribution is 2.08. The lowest BCUT2D eigenvalue weighted by Gasteiger charge is -2.20. The van der Waals surface area contributed by atoms with E-state index < -0.39 is 0 Å². The van der Waals surface area contributed by atoms with Gasteiger partial charge in [0.2, 0.25) is 5.91 Å². The van der Waals surface area contributed by atoms with Gasteiger partial charge >= 0.3 is 0 Å². The first kappa shape index (κ1) is 18.1. The zero-order valence-corrected chi connectivity index (χ0v) is 13.8. The Kier molecular flexibility index (Phi) is 6.24. The maximum atomic E-state index is 12.9. The molecule has 0 radical (unpaired) electrons. The molecule has 2 aromatic carbocycles. The van der Waals surface area contributed by atoms with Crippen molar-refractivity contribution in [2.75, 3.05) is 13.1 Å². The second-order valence-electron chi connectivity index (χ2n) is 5.42. The topological polar surface area (TPSA) is 73.2 Å². The van der Waals surface area contributed by atoms with E-state index in [4.69, 9.17) is 5.26 Å². The third-order valence-electron chi connectivity index (χ3n) is 3.64. The highest BCUT2D eigenvalue weighted by atomic mass is 19.1. The van der Waals surface area contributed by atoms with Crippen molar-refractivity contribution in [1.82, 2.24) is 10.2 Å². The number of nitriles is 1. The molecule has 0 aliphatic carbocycles. The van der Waals surface area contributed by atoms with E-state index in [0.29, 0.717) is 17.7 Å². The molecule has 1 N–H and O–H groups in total. The van der Waals surface area contributed by atoms with E-state index >= 15 is 0 Å². The van der Waals surface area contributed by atoms with Crippen LogP contribution in [0.1, 0.15) is 28.4 Å². The number of likely N-dealkylation sites (N-methyl/N-ethyl adjacent to an activating group) is 1. The fourth-order valence-corrected chi connectivity index (χ4v) is 2.26. The fraction of sp³-hybridized carbons (Fsp3) is 0.211. The number of nitrogens with zero attached hydrogens (tertiary/aromatic N) is 2. The lowest BCUT2D eigenvalue weighted by molar-refractivity contribution is -0.121. The van der Waals surface area contributed by atoms with E-state index in [1.807, 2.05) is 6.07 Å². The van der Waals surface area contributed by atoms with E-state index in [2.05, 4.69) is 5.32 Å². The highest BCUT2D eigenvalue weighted by molar-refractivity contribution is 5.96. The van der Waals surface area contributed by atoms with Crippen molar-refractivity contribution in [2.24, 2.45) is 0 Å². The largest absolute Gasteiger partial charge is 0.350 e. The van der Waals surface area contributed by atoms with Crippen LogP contribution in [-0.4, -0.2) is 29.8 Å². The minimum atomic E-state index is -0.336. The summed E-state index contributed by atoms with van der Waals surface area (Å²) in [7, 11) is 0. The Hall–Kier alpha value is -3.20. The van der Waals surface area contributed by atoms with Crippen molar-refractivity contribution >= 4 is 11.8 Å². The lowest BCUT2D eigenvalue weighted by atomic mass is 10.1. The van der Waals surface area contributed by atoms with Crippen LogP contribution in [0.3, 0.4) is 0 Å². The van der Waals surface area contributed by atoms with Gasteiger partial charge in [0.25, 0.3) is 5.91 Å². The number of hydrogen-bond donors (Lipinski definition) is 1. The molecule has 0 atom stereocenters. The molecule has 2 rings (SSSR count). The van der Waals surface area contributed by atoms with Crippen molar-refractivity contribution in [1.29, 1.82) is 5.26 Å². The molecule has 0 heterocycles. The second kappa shape index (κ2) is 8.60. The molecule has 128 valence electrons. The van der Waals surface area contributed by atoms with Crippen LogP contribution in [0, 0.1) is 17.1 Å². The van der Waals surface area contributed by atoms with Gasteiger partial charge in [-0.15, -0.1) is 0 Å². The molecule has 2 amide bonds. The maximum absolute atomic E-state index is 12.9. The summed E-state index contributed by atoms with van der Waals surface area (Å²) in [5, 5.41) is 11.6. The summed E-state index contributed by atoms with van der Waals surface area (Å²) in [5.74, 6) is -0.954. The van der Waals surface area contributed by atoms with Gasteiger partial charge in [0.1, 0.15) is 5.82 Å². The molecular weight excluding hydrogens is 321 g/mol. The maximum Gasteiger partial charge on any atom is 0.254 e. The normalized spacial score (nSPS) is 9.96. The van der Waals surface area contributed by atoms with Crippen LogP contribution in [0.5, 0.6) is 0 Å². The number of carbonyl (C=O) groups is 2. The minimum absolute atomic E-state index is 0.0900. The van der Waals surface area contributed by atoms with Gasteiger partial charge in [-0.3, -0.25) is 9.59 Å². The average molecular weight is 339 g/mol. The Labute approximate surface area is 145 Å². The molecule has 0 saturated heterocycles. The third-order valence-corrected chi connectivity index (χ3v) is 3.64. The zero-order chi connectivity index (χ0) is 18.2. The Morgan fingerprint density at radius 3 is 2.56 bits per heavy atom. The van der Waals surface area contributed by atoms with E-state index in [9.17, 15) is 14.0 Å². The molecule has 0 aromatic heterocycles. The molecule has 0 aliphatic rings. The zero-order valence-electron chi connectivity index (χ0n) is 13.8. The molecule has 0 spiro atoms. The standard InChI is InChI=1S/C19H18FN3O2/c1-2-23(19(25)16-5-3-4-15(10-16)11-21)13-18(24)22-12-14-6-8-17(20)9-7-14/h3-10H,2,12-13H2,1H3,(H,22,24). The first-order valence-corrected chi connectivity index (χ1v) is 7.84. The van der Waals surface area contributed by atoms with Crippen molar-refractivity contribution in [3.05, 3.63) is 71.0 Å². The summed E-state index contributed by atoms with van der Waals surface area (Å²) >= 11 is 0. The number of carbonyl (C=O) groups excluding carboxylic acids is 2. The lowest BCUT2D eigenvalue weighted by Crippen LogP contribution is -2.40. The number of benzene rings is 2. The summed E-state index contributed by atoms with van der Waals surface area (Å²) in [6.07, 6.45) is 0. The predicted octanol–water partition coefficient (Wildman–Crippen LogP) is 2.48. The minimum Gasteiger partial charge on any atom is -0.350 e. The molecule has 0 bridgehead atoms. The summed E-state index contributed by atoms with van der Waals surface area (Å²) in [6.45, 7) is 2.31. The van der Waals surface area contributed by atoms with Gasteiger partial charge in [-0.25, -0.2) is 4.39 Å². The van der Waals surface area contributed by atoms with Crippen LogP contribution in [0.25, 0.3) is 0 Å². The van der Waals surface area contributed by atoms with E-state index in [-0.39, 0.29) is 30.7 Å². The fourth-order valence-electron chi connectivity index (χ4n) is 2.26. The van der Waals surface area contributed by atoms with Crippen molar-refractivity contribution in [3.8, 4) is 6.07 Å². The Morgan fingerprint density at radius 1 is 1.20 bits per heavy atom. The van der Waals surface area contributed by atoms with Crippen LogP contribution in [0.2, 0.25) is 0 Å². The van der Waals surface area contributed by atoms with Crippen molar-refractivity contribution in [2.45, 2.75) is 13.5 Å². The summed E-state index contributed by atoms with van der Waals surface area (Å²) in [6, 6.07) is 14.2. The number of halogens is 1. The van der Waals surface area contributed by atoms with Crippen LogP contribution >= 0.6 is 0 Å². The molecule has 6 heteroatoms. The molecule has 2 aromatic rings. The summed E-state index contributed by atoms with van der Waals surface area (Å²) < 4.78 is 12.9. The molecule has 0 unspecified atom stereocenters. The Morgan fingerprint density at radius 2 is 1.92 bits per heavy atom. The van der Waals surface area contributed by atoms with Crippen LogP contribution in [-0.2, 0) is 11.3 Å². The number of hydrogen-bond acceptors (Lipinski definition) is 3. The summed E-state index contributed by atoms with van der Waals surface area (Å²) in [5.41, 5.74) is 1.53. The number of nitrogens with one attached hydrogen (secondary N) is 1. The molecule has 5 nitrogen and oxygen atoms in total. The SMILES string of the molecule is CCN(CC(=O)NCc1ccc(F)cc1)C(=O)c1cccc(C#N)c1. The van der Waals surface area contributed by atoms with Gasteiger partial charge in [0.05, 0.1) is 18.2 Å². The van der Waals surface area contributed by atoms with Gasteiger partial charge in [0.15, 0.2) is 0 Å². The molecule has 0 fully saturated rings. The van der Waals surface area contributed by atoms with Gasteiger partial charge in [-0.05, 0) is 42.8 Å². The van der Waals surface area contributed by atoms with Crippen LogP contribution < -0.4 is 5.32 Å². The molecule has 25 heavy (non-hydrogen) atoms. The Bertz CT molecular complexity index is 797. The second-order valence-corrected chi connectivity index (χ2v) is 5.42. The predicted molar refractivity (Wildman–Crippen MR) is 91.0 cm³/mol. The average Bonchev–Trinajstić information content (AvgIpc) is 2.65. The van der Waals surface area contributed by atoms with Gasteiger partial charge in [0, 0.05) is 18.7 Å². The number of rotatable bonds is 6. The Balaban J connectivity index is 1.95. The van der Waals surface area contributed by atoms with Crippen LogP contribution in [0.15, 0.2) is 48.5 Å². The summed E-state index contributed by atoms with van der Waals surface area (Å²) in [4.78, 5) is 26.0. The highest BCUT2D eigenvalue weighted by Gasteiger charge is 2.17. The molecular formula is C19H18FN3O2. The van der Waals surface area contributed by atoms with Gasteiger partial charge in [-0.2, -0.15) is 5.26 Å². The first-order chi connectivity index (χ1) is 12.0. The van der Waals surface area contributed by atoms with E-state index in [1.165, 1.54) is 23.1 Å². The van der Waals surface area contributed by atoms with Crippen LogP contribution in [0.4, 0.5) is 4.39 Å². The van der Waals surface area contributed by atoms with Crippen molar-refractivity contribution < 1.29 is 14.0 Å². The quantitative estimate of drug-likeness (QED) is 0.879. The third kappa shape index (κ3) is 5.15. The monoisotopic (exact) mass is 339 g/mol. The van der Waals surface area contributed by atoms with E-state index in [1.54, 1.807) is 37.3 Å².